The SMILES string of the molecule is COC[C@@]12CCCN1CC(=C1COC1)C2. The van der Waals surface area contributed by atoms with E-state index in [-0.39, 0.29) is 0 Å². The maximum Gasteiger partial charge on any atom is 0.0706 e. The average Bonchev–Trinajstić information content (AvgIpc) is 2.57. The van der Waals surface area contributed by atoms with Crippen molar-refractivity contribution >= 4 is 0 Å². The molecular weight excluding hydrogens is 190 g/mol. The first-order valence-electron chi connectivity index (χ1n) is 5.86. The van der Waals surface area contributed by atoms with E-state index in [1.165, 1.54) is 32.4 Å². The quantitative estimate of drug-likeness (QED) is 0.638. The summed E-state index contributed by atoms with van der Waals surface area (Å²) in [5.41, 5.74) is 3.53. The van der Waals surface area contributed by atoms with E-state index in [1.807, 2.05) is 7.11 Å². The Balaban J connectivity index is 1.81. The Morgan fingerprint density at radius 1 is 1.40 bits per heavy atom. The van der Waals surface area contributed by atoms with E-state index in [9.17, 15) is 0 Å². The second-order valence-electron chi connectivity index (χ2n) is 5.06. The summed E-state index contributed by atoms with van der Waals surface area (Å²) in [6.45, 7) is 5.08. The van der Waals surface area contributed by atoms with Gasteiger partial charge < -0.3 is 9.47 Å². The molecule has 15 heavy (non-hydrogen) atoms. The molecule has 0 saturated carbocycles. The largest absolute Gasteiger partial charge is 0.383 e. The van der Waals surface area contributed by atoms with Gasteiger partial charge >= 0.3 is 0 Å². The van der Waals surface area contributed by atoms with Crippen molar-refractivity contribution in [3.8, 4) is 0 Å². The number of hydrogen-bond acceptors (Lipinski definition) is 3. The molecule has 0 radical (unpaired) electrons. The number of nitrogens with zero attached hydrogens (tertiary/aromatic N) is 1. The summed E-state index contributed by atoms with van der Waals surface area (Å²) in [4.78, 5) is 2.62. The summed E-state index contributed by atoms with van der Waals surface area (Å²) in [5.74, 6) is 0. The highest BCUT2D eigenvalue weighted by atomic mass is 16.5. The maximum atomic E-state index is 5.41. The minimum absolute atomic E-state index is 0.340. The third kappa shape index (κ3) is 1.45. The van der Waals surface area contributed by atoms with Crippen LogP contribution in [0.5, 0.6) is 0 Å². The molecule has 0 aliphatic carbocycles. The van der Waals surface area contributed by atoms with E-state index < -0.39 is 0 Å². The fourth-order valence-corrected chi connectivity index (χ4v) is 3.25. The number of rotatable bonds is 2. The first-order valence-corrected chi connectivity index (χ1v) is 5.86. The van der Waals surface area contributed by atoms with Crippen LogP contribution < -0.4 is 0 Å². The van der Waals surface area contributed by atoms with Crippen molar-refractivity contribution < 1.29 is 9.47 Å². The summed E-state index contributed by atoms with van der Waals surface area (Å²) in [6.07, 6.45) is 3.86. The van der Waals surface area contributed by atoms with Crippen LogP contribution in [0.15, 0.2) is 11.1 Å². The van der Waals surface area contributed by atoms with E-state index in [0.717, 1.165) is 19.8 Å². The Hall–Kier alpha value is -0.380. The van der Waals surface area contributed by atoms with Gasteiger partial charge in [0.15, 0.2) is 0 Å². The van der Waals surface area contributed by atoms with E-state index in [4.69, 9.17) is 9.47 Å². The predicted molar refractivity (Wildman–Crippen MR) is 57.9 cm³/mol. The Morgan fingerprint density at radius 3 is 2.93 bits per heavy atom. The molecule has 0 aromatic heterocycles. The Morgan fingerprint density at radius 2 is 2.27 bits per heavy atom. The van der Waals surface area contributed by atoms with Crippen LogP contribution in [0.1, 0.15) is 19.3 Å². The van der Waals surface area contributed by atoms with Crippen molar-refractivity contribution in [1.29, 1.82) is 0 Å². The van der Waals surface area contributed by atoms with Crippen molar-refractivity contribution in [1.82, 2.24) is 4.90 Å². The number of methoxy groups -OCH3 is 1. The van der Waals surface area contributed by atoms with Gasteiger partial charge in [-0.2, -0.15) is 0 Å². The molecule has 0 bridgehead atoms. The summed E-state index contributed by atoms with van der Waals surface area (Å²) < 4.78 is 10.7. The minimum atomic E-state index is 0.340. The number of hydrogen-bond donors (Lipinski definition) is 0. The highest BCUT2D eigenvalue weighted by Gasteiger charge is 2.47. The van der Waals surface area contributed by atoms with Crippen molar-refractivity contribution in [2.75, 3.05) is 40.0 Å². The van der Waals surface area contributed by atoms with Gasteiger partial charge in [0.1, 0.15) is 0 Å². The molecule has 0 aromatic carbocycles. The van der Waals surface area contributed by atoms with Gasteiger partial charge in [0.2, 0.25) is 0 Å². The first kappa shape index (κ1) is 9.82. The molecule has 3 fully saturated rings. The lowest BCUT2D eigenvalue weighted by Crippen LogP contribution is -2.42. The fraction of sp³-hybridized carbons (Fsp3) is 0.833. The third-order valence-corrected chi connectivity index (χ3v) is 4.13. The fourth-order valence-electron chi connectivity index (χ4n) is 3.25. The zero-order chi connectivity index (χ0) is 10.3. The minimum Gasteiger partial charge on any atom is -0.383 e. The lowest BCUT2D eigenvalue weighted by Gasteiger charge is -2.30. The molecule has 3 saturated heterocycles. The zero-order valence-electron chi connectivity index (χ0n) is 9.42. The molecule has 3 aliphatic heterocycles. The van der Waals surface area contributed by atoms with Crippen LogP contribution in [-0.4, -0.2) is 50.5 Å². The van der Waals surface area contributed by atoms with Crippen molar-refractivity contribution in [3.63, 3.8) is 0 Å². The normalized spacial score (nSPS) is 35.8. The van der Waals surface area contributed by atoms with Gasteiger partial charge in [-0.25, -0.2) is 0 Å². The highest BCUT2D eigenvalue weighted by Crippen LogP contribution is 2.43. The summed E-state index contributed by atoms with van der Waals surface area (Å²) in [7, 11) is 1.82. The van der Waals surface area contributed by atoms with Crippen LogP contribution in [0.3, 0.4) is 0 Å². The van der Waals surface area contributed by atoms with Gasteiger partial charge in [-0.15, -0.1) is 0 Å². The van der Waals surface area contributed by atoms with Gasteiger partial charge in [-0.05, 0) is 31.4 Å². The molecule has 84 valence electrons. The second kappa shape index (κ2) is 3.58. The molecule has 0 amide bonds. The van der Waals surface area contributed by atoms with Gasteiger partial charge in [0.25, 0.3) is 0 Å². The van der Waals surface area contributed by atoms with Gasteiger partial charge in [-0.3, -0.25) is 4.90 Å². The van der Waals surface area contributed by atoms with E-state index in [0.29, 0.717) is 5.54 Å². The maximum absolute atomic E-state index is 5.41. The first-order chi connectivity index (χ1) is 7.34. The molecule has 1 atom stereocenters. The summed E-state index contributed by atoms with van der Waals surface area (Å²) >= 11 is 0. The van der Waals surface area contributed by atoms with Crippen LogP contribution >= 0.6 is 0 Å². The van der Waals surface area contributed by atoms with E-state index in [1.54, 1.807) is 11.1 Å². The van der Waals surface area contributed by atoms with Crippen molar-refractivity contribution in [2.24, 2.45) is 0 Å². The zero-order valence-corrected chi connectivity index (χ0v) is 9.42. The molecule has 0 unspecified atom stereocenters. The molecule has 0 N–H and O–H groups in total. The smallest absolute Gasteiger partial charge is 0.0706 e. The van der Waals surface area contributed by atoms with E-state index >= 15 is 0 Å². The lowest BCUT2D eigenvalue weighted by atomic mass is 9.91. The Labute approximate surface area is 91.0 Å². The van der Waals surface area contributed by atoms with Crippen molar-refractivity contribution in [2.45, 2.75) is 24.8 Å². The van der Waals surface area contributed by atoms with Crippen molar-refractivity contribution in [3.05, 3.63) is 11.1 Å². The van der Waals surface area contributed by atoms with Crippen LogP contribution in [0, 0.1) is 0 Å². The monoisotopic (exact) mass is 209 g/mol. The topological polar surface area (TPSA) is 21.7 Å². The summed E-state index contributed by atoms with van der Waals surface area (Å²) in [5, 5.41) is 0. The molecule has 3 rings (SSSR count). The lowest BCUT2D eigenvalue weighted by molar-refractivity contribution is 0.0656. The third-order valence-electron chi connectivity index (χ3n) is 4.13. The van der Waals surface area contributed by atoms with Gasteiger partial charge in [-0.1, -0.05) is 5.57 Å². The molecule has 0 aromatic rings. The molecular formula is C12H19NO2. The van der Waals surface area contributed by atoms with Crippen LogP contribution in [0.25, 0.3) is 0 Å². The molecule has 0 spiro atoms. The molecule has 3 heteroatoms. The molecule has 3 nitrogen and oxygen atoms in total. The van der Waals surface area contributed by atoms with E-state index in [2.05, 4.69) is 4.90 Å². The predicted octanol–water partition coefficient (Wildman–Crippen LogP) is 1.20. The van der Waals surface area contributed by atoms with Gasteiger partial charge in [0.05, 0.1) is 19.8 Å². The molecule has 3 aliphatic rings. The second-order valence-corrected chi connectivity index (χ2v) is 5.06. The van der Waals surface area contributed by atoms with Crippen LogP contribution in [-0.2, 0) is 9.47 Å². The van der Waals surface area contributed by atoms with Crippen LogP contribution in [0.4, 0.5) is 0 Å². The summed E-state index contributed by atoms with van der Waals surface area (Å²) in [6, 6.07) is 0. The molecule has 3 heterocycles. The van der Waals surface area contributed by atoms with Gasteiger partial charge in [0, 0.05) is 19.2 Å². The van der Waals surface area contributed by atoms with Crippen LogP contribution in [0.2, 0.25) is 0 Å². The number of fused-ring (bicyclic) bond motifs is 1. The highest BCUT2D eigenvalue weighted by molar-refractivity contribution is 5.29. The Bertz CT molecular complexity index is 294. The Kier molecular flexibility index (Phi) is 2.34. The number of ether oxygens (including phenoxy) is 2. The standard InChI is InChI=1S/C12H19NO2/c1-14-9-12-3-2-4-13(12)6-10(5-12)11-7-15-8-11/h2-9H2,1H3/t12-/m0/s1. The average molecular weight is 209 g/mol.